The van der Waals surface area contributed by atoms with E-state index in [0.717, 1.165) is 28.8 Å². The number of amides is 1. The summed E-state index contributed by atoms with van der Waals surface area (Å²) in [5.41, 5.74) is 3.19. The third-order valence-corrected chi connectivity index (χ3v) is 8.71. The Morgan fingerprint density at radius 1 is 1.33 bits per heavy atom. The molecule has 1 fully saturated rings. The second-order valence-corrected chi connectivity index (χ2v) is 11.8. The van der Waals surface area contributed by atoms with E-state index in [1.54, 1.807) is 17.1 Å². The molecule has 2 aliphatic rings. The number of rotatable bonds is 4. The van der Waals surface area contributed by atoms with Crippen molar-refractivity contribution in [2.24, 2.45) is 0 Å². The lowest BCUT2D eigenvalue weighted by Crippen LogP contribution is -2.41. The van der Waals surface area contributed by atoms with Crippen molar-refractivity contribution in [3.8, 4) is 0 Å². The first-order chi connectivity index (χ1) is 15.6. The summed E-state index contributed by atoms with van der Waals surface area (Å²) in [6.45, 7) is 4.48. The summed E-state index contributed by atoms with van der Waals surface area (Å²) >= 11 is 6.03. The lowest BCUT2D eigenvalue weighted by atomic mass is 9.95. The van der Waals surface area contributed by atoms with Crippen LogP contribution in [0.3, 0.4) is 0 Å². The van der Waals surface area contributed by atoms with Gasteiger partial charge in [-0.1, -0.05) is 18.5 Å². The summed E-state index contributed by atoms with van der Waals surface area (Å²) in [6, 6.07) is 3.42. The molecule has 0 bridgehead atoms. The summed E-state index contributed by atoms with van der Waals surface area (Å²) < 4.78 is 28.4. The predicted molar refractivity (Wildman–Crippen MR) is 126 cm³/mol. The third kappa shape index (κ3) is 3.89. The van der Waals surface area contributed by atoms with Crippen LogP contribution in [0.4, 0.5) is 10.5 Å². The maximum atomic E-state index is 12.3. The van der Waals surface area contributed by atoms with Gasteiger partial charge in [-0.3, -0.25) is 9.58 Å². The van der Waals surface area contributed by atoms with Crippen LogP contribution in [0.1, 0.15) is 50.0 Å². The maximum Gasteiger partial charge on any atom is 0.412 e. The minimum atomic E-state index is -3.10. The zero-order valence-electron chi connectivity index (χ0n) is 18.5. The molecule has 2 aromatic heterocycles. The first kappa shape index (κ1) is 22.2. The molecule has 5 rings (SSSR count). The number of hydrogen-bond donors (Lipinski definition) is 1. The van der Waals surface area contributed by atoms with Crippen LogP contribution in [-0.4, -0.2) is 56.5 Å². The van der Waals surface area contributed by atoms with Crippen LogP contribution in [0.25, 0.3) is 11.0 Å². The van der Waals surface area contributed by atoms with Crippen molar-refractivity contribution in [2.75, 3.05) is 16.4 Å². The molecule has 1 amide bonds. The summed E-state index contributed by atoms with van der Waals surface area (Å²) in [4.78, 5) is 18.4. The van der Waals surface area contributed by atoms with Gasteiger partial charge in [-0.05, 0) is 38.3 Å². The number of carbonyl (C=O) groups is 1. The van der Waals surface area contributed by atoms with Gasteiger partial charge in [0.05, 0.1) is 52.0 Å². The molecule has 1 saturated heterocycles. The molecule has 176 valence electrons. The number of nitrogens with zero attached hydrogens (tertiary/aromatic N) is 5. The SMILES string of the molecule is C[C@@H](Cn1cc(Cl)cn1)c1nc2c3c(ccc2n1[C@H]1CCS(=O)(=O)C1)N(C(=O)O)[C@@H](C)CC3. The highest BCUT2D eigenvalue weighted by Crippen LogP contribution is 2.39. The van der Waals surface area contributed by atoms with Crippen molar-refractivity contribution in [2.45, 2.75) is 57.7 Å². The minimum Gasteiger partial charge on any atom is -0.465 e. The molecule has 11 heteroatoms. The van der Waals surface area contributed by atoms with Crippen molar-refractivity contribution in [1.29, 1.82) is 0 Å². The van der Waals surface area contributed by atoms with Gasteiger partial charge in [0.2, 0.25) is 0 Å². The number of anilines is 1. The van der Waals surface area contributed by atoms with Crippen LogP contribution in [0.15, 0.2) is 24.5 Å². The average molecular weight is 492 g/mol. The van der Waals surface area contributed by atoms with Crippen LogP contribution in [0.2, 0.25) is 5.02 Å². The molecule has 4 heterocycles. The molecule has 9 nitrogen and oxygen atoms in total. The monoisotopic (exact) mass is 491 g/mol. The number of aromatic nitrogens is 4. The van der Waals surface area contributed by atoms with Gasteiger partial charge in [0, 0.05) is 23.7 Å². The van der Waals surface area contributed by atoms with E-state index in [4.69, 9.17) is 16.6 Å². The second kappa shape index (κ2) is 8.02. The summed E-state index contributed by atoms with van der Waals surface area (Å²) in [5.74, 6) is 0.967. The molecule has 0 radical (unpaired) electrons. The Morgan fingerprint density at radius 3 is 2.76 bits per heavy atom. The van der Waals surface area contributed by atoms with Gasteiger partial charge in [0.25, 0.3) is 0 Å². The molecule has 0 aliphatic carbocycles. The standard InChI is InChI=1S/C22H26ClN5O4S/c1-13(10-26-11-15(23)9-24-26)21-25-20-17-4-3-14(2)27(22(29)30)18(17)5-6-19(20)28(21)16-7-8-33(31,32)12-16/h5-6,9,11,13-14,16H,3-4,7-8,10,12H2,1-2H3,(H,29,30)/t13-,14-,16-/m0/s1. The molecular formula is C22H26ClN5O4S. The number of fused-ring (bicyclic) bond motifs is 3. The van der Waals surface area contributed by atoms with Crippen molar-refractivity contribution in [1.82, 2.24) is 19.3 Å². The summed E-state index contributed by atoms with van der Waals surface area (Å²) in [7, 11) is -3.10. The number of sulfone groups is 1. The fourth-order valence-electron chi connectivity index (χ4n) is 5.22. The summed E-state index contributed by atoms with van der Waals surface area (Å²) in [6.07, 6.45) is 4.32. The Balaban J connectivity index is 1.66. The molecule has 0 saturated carbocycles. The molecular weight excluding hydrogens is 466 g/mol. The molecule has 1 N–H and O–H groups in total. The first-order valence-electron chi connectivity index (χ1n) is 11.1. The molecule has 3 atom stereocenters. The molecule has 3 aromatic rings. The largest absolute Gasteiger partial charge is 0.465 e. The Morgan fingerprint density at radius 2 is 2.12 bits per heavy atom. The van der Waals surface area contributed by atoms with Crippen molar-refractivity contribution < 1.29 is 18.3 Å². The van der Waals surface area contributed by atoms with Crippen molar-refractivity contribution >= 4 is 44.3 Å². The van der Waals surface area contributed by atoms with Crippen molar-refractivity contribution in [3.05, 3.63) is 40.9 Å². The van der Waals surface area contributed by atoms with Gasteiger partial charge in [0.1, 0.15) is 5.82 Å². The molecule has 0 spiro atoms. The number of carboxylic acid groups (broad SMARTS) is 1. The zero-order valence-corrected chi connectivity index (χ0v) is 20.1. The maximum absolute atomic E-state index is 12.3. The number of aryl methyl sites for hydroxylation is 1. The second-order valence-electron chi connectivity index (χ2n) is 9.15. The number of benzene rings is 1. The Kier molecular flexibility index (Phi) is 5.40. The topological polar surface area (TPSA) is 110 Å². The molecule has 0 unspecified atom stereocenters. The fraction of sp³-hybridized carbons (Fsp3) is 0.500. The van der Waals surface area contributed by atoms with Gasteiger partial charge in [-0.25, -0.2) is 18.2 Å². The Hall–Kier alpha value is -2.59. The highest BCUT2D eigenvalue weighted by molar-refractivity contribution is 7.91. The highest BCUT2D eigenvalue weighted by atomic mass is 35.5. The Bertz CT molecular complexity index is 1350. The number of halogens is 1. The molecule has 33 heavy (non-hydrogen) atoms. The minimum absolute atomic E-state index is 0.0644. The van der Waals surface area contributed by atoms with Crippen LogP contribution in [0, 0.1) is 0 Å². The van der Waals surface area contributed by atoms with E-state index in [-0.39, 0.29) is 29.5 Å². The van der Waals surface area contributed by atoms with Crippen LogP contribution in [0.5, 0.6) is 0 Å². The van der Waals surface area contributed by atoms with Crippen LogP contribution in [-0.2, 0) is 22.8 Å². The van der Waals surface area contributed by atoms with Crippen LogP contribution < -0.4 is 4.90 Å². The predicted octanol–water partition coefficient (Wildman–Crippen LogP) is 3.87. The van der Waals surface area contributed by atoms with E-state index in [1.165, 1.54) is 4.90 Å². The van der Waals surface area contributed by atoms with Gasteiger partial charge in [0.15, 0.2) is 9.84 Å². The number of imidazole rings is 1. The van der Waals surface area contributed by atoms with Gasteiger partial charge in [-0.15, -0.1) is 0 Å². The smallest absolute Gasteiger partial charge is 0.412 e. The first-order valence-corrected chi connectivity index (χ1v) is 13.3. The van der Waals surface area contributed by atoms with Crippen molar-refractivity contribution in [3.63, 3.8) is 0 Å². The van der Waals surface area contributed by atoms with Gasteiger partial charge < -0.3 is 9.67 Å². The molecule has 1 aromatic carbocycles. The van der Waals surface area contributed by atoms with E-state index < -0.39 is 15.9 Å². The quantitative estimate of drug-likeness (QED) is 0.593. The van der Waals surface area contributed by atoms with E-state index in [0.29, 0.717) is 30.1 Å². The highest BCUT2D eigenvalue weighted by Gasteiger charge is 2.35. The van der Waals surface area contributed by atoms with E-state index in [9.17, 15) is 18.3 Å². The van der Waals surface area contributed by atoms with E-state index >= 15 is 0 Å². The Labute approximate surface area is 196 Å². The lowest BCUT2D eigenvalue weighted by Gasteiger charge is -2.33. The zero-order chi connectivity index (χ0) is 23.5. The number of hydrogen-bond acceptors (Lipinski definition) is 5. The summed E-state index contributed by atoms with van der Waals surface area (Å²) in [5, 5.41) is 14.6. The lowest BCUT2D eigenvalue weighted by molar-refractivity contribution is 0.198. The van der Waals surface area contributed by atoms with Gasteiger partial charge >= 0.3 is 6.09 Å². The average Bonchev–Trinajstić information content (AvgIpc) is 3.43. The van der Waals surface area contributed by atoms with Crippen LogP contribution >= 0.6 is 11.6 Å². The fourth-order valence-corrected chi connectivity index (χ4v) is 7.07. The normalized spacial score (nSPS) is 23.1. The van der Waals surface area contributed by atoms with E-state index in [1.807, 2.05) is 26.0 Å². The van der Waals surface area contributed by atoms with E-state index in [2.05, 4.69) is 9.67 Å². The third-order valence-electron chi connectivity index (χ3n) is 6.76. The molecule has 2 aliphatic heterocycles. The van der Waals surface area contributed by atoms with Gasteiger partial charge in [-0.2, -0.15) is 5.10 Å².